The molecule has 0 spiro atoms. The molecule has 0 aromatic carbocycles. The van der Waals surface area contributed by atoms with Gasteiger partial charge in [0.15, 0.2) is 0 Å². The Bertz CT molecular complexity index is 3.90. The summed E-state index contributed by atoms with van der Waals surface area (Å²) < 4.78 is 0. The first kappa shape index (κ1) is 1380. The van der Waals surface area contributed by atoms with E-state index in [-0.39, 0.29) is 45.2 Å². The monoisotopic (exact) mass is 148 g/mol. The second kappa shape index (κ2) is 770. The Morgan fingerprint density at radius 2 is 0.333 bits per heavy atom. The van der Waals surface area contributed by atoms with Crippen LogP contribution in [0.1, 0.15) is 0 Å². The Kier molecular flexibility index (Phi) is 177000. The van der Waals surface area contributed by atoms with E-state index in [1.165, 1.54) is 0 Å². The SMILES string of the molecule is F.F.F.F.F.[Ti]. The molecule has 0 saturated heterocycles. The molecule has 0 aliphatic heterocycles. The molecule has 0 saturated carbocycles. The number of halogens is 5. The maximum atomic E-state index is 0. The van der Waals surface area contributed by atoms with Crippen molar-refractivity contribution < 1.29 is 45.2 Å². The van der Waals surface area contributed by atoms with Crippen LogP contribution >= 0.6 is 0 Å². The van der Waals surface area contributed by atoms with Crippen LogP contribution in [-0.2, 0) is 21.7 Å². The number of hydrogen-bond acceptors (Lipinski definition) is 0. The molecule has 6 heavy (non-hydrogen) atoms. The summed E-state index contributed by atoms with van der Waals surface area (Å²) in [6, 6.07) is 0. The second-order valence-electron chi connectivity index (χ2n) is 0. The molecule has 0 atom stereocenters. The van der Waals surface area contributed by atoms with Crippen LogP contribution in [0.2, 0.25) is 0 Å². The molecule has 6 heteroatoms. The van der Waals surface area contributed by atoms with Gasteiger partial charge in [0, 0.05) is 21.7 Å². The fourth-order valence-electron chi connectivity index (χ4n) is 0. The van der Waals surface area contributed by atoms with Crippen molar-refractivity contribution in [3.63, 3.8) is 0 Å². The summed E-state index contributed by atoms with van der Waals surface area (Å²) in [6.45, 7) is 0. The summed E-state index contributed by atoms with van der Waals surface area (Å²) in [6.07, 6.45) is 0. The smallest absolute Gasteiger partial charge is 0 e. The molecule has 0 aliphatic carbocycles. The van der Waals surface area contributed by atoms with Crippen LogP contribution in [0.4, 0.5) is 23.5 Å². The van der Waals surface area contributed by atoms with Gasteiger partial charge < -0.3 is 0 Å². The van der Waals surface area contributed by atoms with E-state index in [0.29, 0.717) is 0 Å². The molecule has 0 N–H and O–H groups in total. The van der Waals surface area contributed by atoms with Gasteiger partial charge in [0.1, 0.15) is 0 Å². The van der Waals surface area contributed by atoms with Gasteiger partial charge in [-0.15, -0.1) is 0 Å². The molecule has 0 heterocycles. The molecule has 0 amide bonds. The molecule has 0 aromatic heterocycles. The Balaban J connectivity index is 0. The third-order valence-corrected chi connectivity index (χ3v) is 0. The molecule has 44 valence electrons. The minimum absolute atomic E-state index is 0. The van der Waals surface area contributed by atoms with Crippen molar-refractivity contribution >= 4 is 0 Å². The molecule has 0 aliphatic rings. The first-order valence-corrected chi connectivity index (χ1v) is 0. The van der Waals surface area contributed by atoms with Gasteiger partial charge in [0.2, 0.25) is 0 Å². The van der Waals surface area contributed by atoms with Gasteiger partial charge in [-0.1, -0.05) is 0 Å². The van der Waals surface area contributed by atoms with E-state index in [4.69, 9.17) is 0 Å². The number of rotatable bonds is 0. The first-order chi connectivity index (χ1) is 0. The quantitative estimate of drug-likeness (QED) is 0.351. The summed E-state index contributed by atoms with van der Waals surface area (Å²) in [5, 5.41) is 0. The molecule has 0 fully saturated rings. The van der Waals surface area contributed by atoms with Crippen molar-refractivity contribution in [3.8, 4) is 0 Å². The van der Waals surface area contributed by atoms with Crippen LogP contribution in [0.25, 0.3) is 0 Å². The summed E-state index contributed by atoms with van der Waals surface area (Å²) in [7, 11) is 0. The third kappa shape index (κ3) is 372. The topological polar surface area (TPSA) is 0 Å². The molecule has 0 aromatic rings. The average Bonchev–Trinajstić information content (AvgIpc) is 0. The fourth-order valence-corrected chi connectivity index (χ4v) is 0. The van der Waals surface area contributed by atoms with Crippen LogP contribution in [0.3, 0.4) is 0 Å². The van der Waals surface area contributed by atoms with Crippen molar-refractivity contribution in [1.29, 1.82) is 0 Å². The van der Waals surface area contributed by atoms with Crippen molar-refractivity contribution in [1.82, 2.24) is 0 Å². The van der Waals surface area contributed by atoms with E-state index < -0.39 is 0 Å². The zero-order valence-electron chi connectivity index (χ0n) is 2.54. The van der Waals surface area contributed by atoms with Crippen molar-refractivity contribution in [3.05, 3.63) is 0 Å². The van der Waals surface area contributed by atoms with Gasteiger partial charge in [-0.25, -0.2) is 0 Å². The predicted molar refractivity (Wildman–Crippen MR) is 12.5 cm³/mol. The van der Waals surface area contributed by atoms with E-state index in [1.54, 1.807) is 0 Å². The molecule has 0 rings (SSSR count). The molecule has 0 bridgehead atoms. The minimum Gasteiger partial charge on any atom is -0.269 e. The summed E-state index contributed by atoms with van der Waals surface area (Å²) in [4.78, 5) is 0. The molecule has 0 nitrogen and oxygen atoms in total. The standard InChI is InChI=1S/5FH.Ti/h5*1H;. The molecule has 0 unspecified atom stereocenters. The Morgan fingerprint density at radius 1 is 0.333 bits per heavy atom. The molecular formula is H5F5Ti. The second-order valence-corrected chi connectivity index (χ2v) is 0. The van der Waals surface area contributed by atoms with Gasteiger partial charge in [0.05, 0.1) is 0 Å². The van der Waals surface area contributed by atoms with Gasteiger partial charge in [-0.05, 0) is 0 Å². The largest absolute Gasteiger partial charge is 0.269 e. The van der Waals surface area contributed by atoms with Crippen LogP contribution < -0.4 is 0 Å². The predicted octanol–water partition coefficient (Wildman–Crippen LogP) is 0.760. The fraction of sp³-hybridized carbons (Fsp3) is 0. The van der Waals surface area contributed by atoms with Crippen molar-refractivity contribution in [2.45, 2.75) is 0 Å². The maximum absolute atomic E-state index is 0. The Morgan fingerprint density at radius 3 is 0.333 bits per heavy atom. The summed E-state index contributed by atoms with van der Waals surface area (Å²) >= 11 is 0. The summed E-state index contributed by atoms with van der Waals surface area (Å²) in [5.74, 6) is 0. The summed E-state index contributed by atoms with van der Waals surface area (Å²) in [5.41, 5.74) is 0. The average molecular weight is 148 g/mol. The van der Waals surface area contributed by atoms with Crippen LogP contribution in [0.5, 0.6) is 0 Å². The Labute approximate surface area is 46.0 Å². The van der Waals surface area contributed by atoms with Crippen LogP contribution in [0, 0.1) is 0 Å². The molecular weight excluding hydrogens is 143 g/mol. The molecule has 0 radical (unpaired) electrons. The van der Waals surface area contributed by atoms with E-state index in [2.05, 4.69) is 0 Å². The van der Waals surface area contributed by atoms with Gasteiger partial charge >= 0.3 is 0 Å². The van der Waals surface area contributed by atoms with E-state index in [9.17, 15) is 0 Å². The number of hydrogen-bond donors (Lipinski definition) is 0. The van der Waals surface area contributed by atoms with Crippen molar-refractivity contribution in [2.24, 2.45) is 0 Å². The first-order valence-electron chi connectivity index (χ1n) is 0. The van der Waals surface area contributed by atoms with Gasteiger partial charge in [0.25, 0.3) is 0 Å². The van der Waals surface area contributed by atoms with E-state index >= 15 is 0 Å². The van der Waals surface area contributed by atoms with Crippen LogP contribution in [-0.4, -0.2) is 0 Å². The third-order valence-electron chi connectivity index (χ3n) is 0. The van der Waals surface area contributed by atoms with E-state index in [0.717, 1.165) is 0 Å². The van der Waals surface area contributed by atoms with Crippen molar-refractivity contribution in [2.75, 3.05) is 0 Å². The van der Waals surface area contributed by atoms with Crippen LogP contribution in [0.15, 0.2) is 0 Å². The zero-order valence-corrected chi connectivity index (χ0v) is 4.10. The maximum Gasteiger partial charge on any atom is 0 e. The van der Waals surface area contributed by atoms with Gasteiger partial charge in [-0.3, -0.25) is 23.5 Å². The minimum atomic E-state index is 0. The van der Waals surface area contributed by atoms with E-state index in [1.807, 2.05) is 0 Å². The zero-order chi connectivity index (χ0) is 0. The van der Waals surface area contributed by atoms with Gasteiger partial charge in [-0.2, -0.15) is 0 Å². The normalized spacial score (nSPS) is 0. The Hall–Kier alpha value is 0.364.